The number of benzene rings is 2. The van der Waals surface area contributed by atoms with E-state index in [1.54, 1.807) is 37.3 Å². The van der Waals surface area contributed by atoms with Crippen molar-refractivity contribution >= 4 is 27.5 Å². The van der Waals surface area contributed by atoms with E-state index in [4.69, 9.17) is 0 Å². The number of aryl methyl sites for hydroxylation is 1. The monoisotopic (exact) mass is 551 g/mol. The molecule has 0 radical (unpaired) electrons. The van der Waals surface area contributed by atoms with Crippen LogP contribution in [0.2, 0.25) is 0 Å². The average Bonchev–Trinajstić information content (AvgIpc) is 3.57. The molecule has 0 fully saturated rings. The summed E-state index contributed by atoms with van der Waals surface area (Å²) in [5.41, 5.74) is 2.54. The van der Waals surface area contributed by atoms with Gasteiger partial charge in [-0.25, -0.2) is 22.8 Å². The Bertz CT molecular complexity index is 1680. The molecule has 0 saturated carbocycles. The Morgan fingerprint density at radius 1 is 1.10 bits per heavy atom. The van der Waals surface area contributed by atoms with Crippen LogP contribution in [-0.4, -0.2) is 63.6 Å². The minimum Gasteiger partial charge on any atom is -0.347 e. The summed E-state index contributed by atoms with van der Waals surface area (Å²) in [6.07, 6.45) is 2.17. The molecule has 3 heterocycles. The van der Waals surface area contributed by atoms with E-state index in [-0.39, 0.29) is 30.3 Å². The number of nitrogens with one attached hydrogen (secondary N) is 3. The van der Waals surface area contributed by atoms with Crippen molar-refractivity contribution in [3.63, 3.8) is 0 Å². The van der Waals surface area contributed by atoms with Gasteiger partial charge >= 0.3 is 0 Å². The average molecular weight is 552 g/mol. The van der Waals surface area contributed by atoms with Gasteiger partial charge in [0.05, 0.1) is 24.5 Å². The molecule has 0 aliphatic carbocycles. The van der Waals surface area contributed by atoms with E-state index in [1.807, 2.05) is 0 Å². The zero-order chi connectivity index (χ0) is 27.7. The maximum atomic E-state index is 13.5. The van der Waals surface area contributed by atoms with Gasteiger partial charge in [-0.05, 0) is 35.4 Å². The third-order valence-corrected chi connectivity index (χ3v) is 7.29. The molecule has 4 aromatic rings. The summed E-state index contributed by atoms with van der Waals surface area (Å²) >= 11 is 0. The zero-order valence-corrected chi connectivity index (χ0v) is 21.5. The number of hydrogen-bond donors (Lipinski definition) is 3. The first kappa shape index (κ1) is 25.8. The topological polar surface area (TPSA) is 176 Å². The number of rotatable bonds is 7. The molecule has 15 heteroatoms. The number of aromatic amines is 1. The fourth-order valence-corrected chi connectivity index (χ4v) is 5.14. The van der Waals surface area contributed by atoms with E-state index in [1.165, 1.54) is 16.4 Å². The van der Waals surface area contributed by atoms with Crippen LogP contribution in [-0.2, 0) is 16.6 Å². The molecule has 0 bridgehead atoms. The Morgan fingerprint density at radius 2 is 1.87 bits per heavy atom. The van der Waals surface area contributed by atoms with E-state index >= 15 is 0 Å². The molecule has 0 spiro atoms. The fourth-order valence-electron chi connectivity index (χ4n) is 4.20. The zero-order valence-electron chi connectivity index (χ0n) is 20.7. The molecule has 2 aromatic carbocycles. The number of halogens is 1. The van der Waals surface area contributed by atoms with Gasteiger partial charge in [-0.1, -0.05) is 24.3 Å². The lowest BCUT2D eigenvalue weighted by Crippen LogP contribution is -2.35. The summed E-state index contributed by atoms with van der Waals surface area (Å²) in [6, 6.07) is 10.1. The van der Waals surface area contributed by atoms with Crippen molar-refractivity contribution in [2.45, 2.75) is 19.5 Å². The minimum absolute atomic E-state index is 0.0366. The van der Waals surface area contributed by atoms with Gasteiger partial charge in [-0.3, -0.25) is 13.9 Å². The predicted octanol–water partition coefficient (Wildman–Crippen LogP) is 1.28. The van der Waals surface area contributed by atoms with Crippen LogP contribution in [0.15, 0.2) is 48.8 Å². The van der Waals surface area contributed by atoms with E-state index in [2.05, 4.69) is 41.2 Å². The van der Waals surface area contributed by atoms with Crippen LogP contribution in [0, 0.1) is 12.7 Å². The van der Waals surface area contributed by atoms with Crippen molar-refractivity contribution < 1.29 is 22.4 Å². The van der Waals surface area contributed by atoms with E-state index < -0.39 is 27.9 Å². The number of carbonyl (C=O) groups is 2. The molecule has 200 valence electrons. The third kappa shape index (κ3) is 5.43. The van der Waals surface area contributed by atoms with Crippen LogP contribution < -0.4 is 14.9 Å². The lowest BCUT2D eigenvalue weighted by Gasteiger charge is -2.17. The molecule has 2 aromatic heterocycles. The summed E-state index contributed by atoms with van der Waals surface area (Å²) < 4.78 is 39.7. The molecule has 2 amide bonds. The molecular formula is C24H22FN9O4S. The third-order valence-electron chi connectivity index (χ3n) is 6.14. The molecule has 13 nitrogen and oxygen atoms in total. The second-order valence-electron chi connectivity index (χ2n) is 8.88. The molecule has 1 atom stereocenters. The molecule has 0 unspecified atom stereocenters. The summed E-state index contributed by atoms with van der Waals surface area (Å²) in [4.78, 5) is 33.6. The summed E-state index contributed by atoms with van der Waals surface area (Å²) in [5, 5.41) is 19.2. The standard InChI is InChI=1S/C24H22FN9O4S/c1-13-7-14(3-6-17(13)25)10-26-23(35)18-9-19(28-12-27-18)24(36)29-20-11-34(39(2,37)38)21-8-15(4-5-16(20)21)22-30-32-33-31-22/h3-9,12,20H,10-11H2,1-2H3,(H,26,35)(H,29,36)(H,30,31,32,33)/t20-/m0/s1. The Kier molecular flexibility index (Phi) is 6.74. The smallest absolute Gasteiger partial charge is 0.270 e. The predicted molar refractivity (Wildman–Crippen MR) is 136 cm³/mol. The maximum absolute atomic E-state index is 13.5. The van der Waals surface area contributed by atoms with Crippen molar-refractivity contribution in [1.82, 2.24) is 41.2 Å². The minimum atomic E-state index is -3.67. The summed E-state index contributed by atoms with van der Waals surface area (Å²) in [5.74, 6) is -1.21. The normalized spacial score (nSPS) is 14.6. The Balaban J connectivity index is 1.32. The number of nitrogens with zero attached hydrogens (tertiary/aromatic N) is 6. The van der Waals surface area contributed by atoms with Gasteiger partial charge in [0, 0.05) is 23.7 Å². The van der Waals surface area contributed by atoms with Crippen molar-refractivity contribution in [1.29, 1.82) is 0 Å². The molecule has 0 saturated heterocycles. The van der Waals surface area contributed by atoms with Gasteiger partial charge in [-0.15, -0.1) is 10.2 Å². The highest BCUT2D eigenvalue weighted by atomic mass is 32.2. The highest BCUT2D eigenvalue weighted by molar-refractivity contribution is 7.92. The second-order valence-corrected chi connectivity index (χ2v) is 10.8. The van der Waals surface area contributed by atoms with Crippen LogP contribution >= 0.6 is 0 Å². The van der Waals surface area contributed by atoms with Crippen LogP contribution in [0.3, 0.4) is 0 Å². The van der Waals surface area contributed by atoms with Gasteiger partial charge in [0.2, 0.25) is 15.8 Å². The first-order valence-electron chi connectivity index (χ1n) is 11.6. The second kappa shape index (κ2) is 10.2. The van der Waals surface area contributed by atoms with E-state index in [0.717, 1.165) is 12.6 Å². The molecule has 39 heavy (non-hydrogen) atoms. The molecular weight excluding hydrogens is 529 g/mol. The first-order valence-corrected chi connectivity index (χ1v) is 13.5. The number of aromatic nitrogens is 6. The molecule has 3 N–H and O–H groups in total. The number of hydrogen-bond acceptors (Lipinski definition) is 9. The molecule has 1 aliphatic rings. The van der Waals surface area contributed by atoms with Gasteiger partial charge in [0.1, 0.15) is 23.5 Å². The van der Waals surface area contributed by atoms with Gasteiger partial charge in [0.25, 0.3) is 11.8 Å². The van der Waals surface area contributed by atoms with Gasteiger partial charge < -0.3 is 10.6 Å². The lowest BCUT2D eigenvalue weighted by molar-refractivity contribution is 0.0934. The van der Waals surface area contributed by atoms with Gasteiger partial charge in [0.15, 0.2) is 0 Å². The number of anilines is 1. The van der Waals surface area contributed by atoms with E-state index in [0.29, 0.717) is 33.8 Å². The van der Waals surface area contributed by atoms with Crippen LogP contribution in [0.5, 0.6) is 0 Å². The van der Waals surface area contributed by atoms with Crippen LogP contribution in [0.4, 0.5) is 10.1 Å². The van der Waals surface area contributed by atoms with Gasteiger partial charge in [-0.2, -0.15) is 5.21 Å². The van der Waals surface area contributed by atoms with E-state index in [9.17, 15) is 22.4 Å². The van der Waals surface area contributed by atoms with Crippen LogP contribution in [0.1, 0.15) is 43.7 Å². The Morgan fingerprint density at radius 3 is 2.56 bits per heavy atom. The number of sulfonamides is 1. The Hall–Kier alpha value is -4.79. The fraction of sp³-hybridized carbons (Fsp3) is 0.208. The SMILES string of the molecule is Cc1cc(CNC(=O)c2cc(C(=O)N[C@H]3CN(S(C)(=O)=O)c4cc(-c5nn[nH]n5)ccc43)ncn2)ccc1F. The summed E-state index contributed by atoms with van der Waals surface area (Å²) in [7, 11) is -3.67. The van der Waals surface area contributed by atoms with Crippen molar-refractivity contribution in [3.05, 3.63) is 82.7 Å². The Labute approximate surface area is 221 Å². The quantitative estimate of drug-likeness (QED) is 0.305. The molecule has 1 aliphatic heterocycles. The van der Waals surface area contributed by atoms with Crippen LogP contribution in [0.25, 0.3) is 11.4 Å². The number of tetrazole rings is 1. The first-order chi connectivity index (χ1) is 18.6. The summed E-state index contributed by atoms with van der Waals surface area (Å²) in [6.45, 7) is 1.73. The maximum Gasteiger partial charge on any atom is 0.270 e. The largest absolute Gasteiger partial charge is 0.347 e. The number of H-pyrrole nitrogens is 1. The van der Waals surface area contributed by atoms with Crippen molar-refractivity contribution in [2.75, 3.05) is 17.1 Å². The number of fused-ring (bicyclic) bond motifs is 1. The highest BCUT2D eigenvalue weighted by Crippen LogP contribution is 2.38. The van der Waals surface area contributed by atoms with Crippen molar-refractivity contribution in [2.24, 2.45) is 0 Å². The highest BCUT2D eigenvalue weighted by Gasteiger charge is 2.35. The lowest BCUT2D eigenvalue weighted by atomic mass is 10.1. The van der Waals surface area contributed by atoms with Crippen molar-refractivity contribution in [3.8, 4) is 11.4 Å². The number of amides is 2. The molecule has 5 rings (SSSR count). The number of carbonyl (C=O) groups excluding carboxylic acids is 2.